The zero-order valence-corrected chi connectivity index (χ0v) is 40.7. The van der Waals surface area contributed by atoms with Gasteiger partial charge in [-0.15, -0.1) is 13.2 Å². The van der Waals surface area contributed by atoms with Gasteiger partial charge < -0.3 is 5.32 Å². The first-order valence-corrected chi connectivity index (χ1v) is 23.1. The summed E-state index contributed by atoms with van der Waals surface area (Å²) in [4.78, 5) is 0. The summed E-state index contributed by atoms with van der Waals surface area (Å²) in [6.45, 7) is 33.5. The summed E-state index contributed by atoms with van der Waals surface area (Å²) < 4.78 is 0. The molecular formula is C63H77N. The highest BCUT2D eigenvalue weighted by Gasteiger charge is 2.11. The number of rotatable bonds is 11. The molecule has 64 heavy (non-hydrogen) atoms. The van der Waals surface area contributed by atoms with E-state index >= 15 is 0 Å². The zero-order chi connectivity index (χ0) is 47.4. The van der Waals surface area contributed by atoms with Crippen molar-refractivity contribution in [1.82, 2.24) is 0 Å². The van der Waals surface area contributed by atoms with Gasteiger partial charge in [-0.2, -0.15) is 0 Å². The van der Waals surface area contributed by atoms with Gasteiger partial charge in [0.15, 0.2) is 0 Å². The van der Waals surface area contributed by atoms with Crippen LogP contribution in [0.3, 0.4) is 0 Å². The van der Waals surface area contributed by atoms with Crippen LogP contribution in [0.15, 0.2) is 220 Å². The second-order valence-corrected chi connectivity index (χ2v) is 14.2. The number of nitrogens with one attached hydrogen (secondary N) is 1. The molecule has 0 saturated carbocycles. The fourth-order valence-electron chi connectivity index (χ4n) is 6.14. The Labute approximate surface area is 390 Å². The minimum absolute atomic E-state index is 0.774. The first kappa shape index (κ1) is 55.3. The molecule has 334 valence electrons. The Morgan fingerprint density at radius 3 is 1.42 bits per heavy atom. The van der Waals surface area contributed by atoms with E-state index in [9.17, 15) is 0 Å². The molecule has 0 aliphatic heterocycles. The van der Waals surface area contributed by atoms with Crippen LogP contribution in [-0.2, 0) is 19.4 Å². The van der Waals surface area contributed by atoms with E-state index in [4.69, 9.17) is 0 Å². The minimum atomic E-state index is 0.774. The van der Waals surface area contributed by atoms with Crippen molar-refractivity contribution in [2.24, 2.45) is 0 Å². The van der Waals surface area contributed by atoms with E-state index in [0.29, 0.717) is 0 Å². The van der Waals surface area contributed by atoms with Crippen molar-refractivity contribution in [3.8, 4) is 22.3 Å². The molecular weight excluding hydrogens is 771 g/mol. The molecule has 1 heteroatoms. The van der Waals surface area contributed by atoms with Gasteiger partial charge in [-0.05, 0) is 87.5 Å². The Hall–Kier alpha value is -6.70. The van der Waals surface area contributed by atoms with E-state index < -0.39 is 0 Å². The Morgan fingerprint density at radius 1 is 0.469 bits per heavy atom. The fraction of sp³-hybridized carbons (Fsp3) is 0.206. The van der Waals surface area contributed by atoms with Crippen molar-refractivity contribution < 1.29 is 0 Å². The van der Waals surface area contributed by atoms with Gasteiger partial charge in [0.25, 0.3) is 0 Å². The lowest BCUT2D eigenvalue weighted by Crippen LogP contribution is -2.01. The van der Waals surface area contributed by atoms with Crippen molar-refractivity contribution in [2.45, 2.75) is 88.1 Å². The van der Waals surface area contributed by atoms with Crippen molar-refractivity contribution in [1.29, 1.82) is 0 Å². The quantitative estimate of drug-likeness (QED) is 0.101. The zero-order valence-electron chi connectivity index (χ0n) is 40.7. The van der Waals surface area contributed by atoms with Gasteiger partial charge in [-0.3, -0.25) is 0 Å². The summed E-state index contributed by atoms with van der Waals surface area (Å²) in [5.41, 5.74) is 15.6. The third kappa shape index (κ3) is 20.4. The number of aryl methyl sites for hydroxylation is 2. The highest BCUT2D eigenvalue weighted by Crippen LogP contribution is 2.35. The minimum Gasteiger partial charge on any atom is -0.380 e. The van der Waals surface area contributed by atoms with Crippen LogP contribution >= 0.6 is 0 Å². The molecule has 7 aromatic rings. The number of benzene rings is 7. The van der Waals surface area contributed by atoms with Gasteiger partial charge >= 0.3 is 0 Å². The van der Waals surface area contributed by atoms with Gasteiger partial charge in [-0.1, -0.05) is 269 Å². The molecule has 0 aliphatic rings. The average molecular weight is 848 g/mol. The predicted octanol–water partition coefficient (Wildman–Crippen LogP) is 19.2. The Balaban J connectivity index is 0.000000641. The Kier molecular flexibility index (Phi) is 30.1. The molecule has 0 aromatic heterocycles. The van der Waals surface area contributed by atoms with Gasteiger partial charge in [0.05, 0.1) is 0 Å². The highest BCUT2D eigenvalue weighted by molar-refractivity contribution is 5.88. The summed E-state index contributed by atoms with van der Waals surface area (Å²) >= 11 is 0. The first-order valence-electron chi connectivity index (χ1n) is 23.1. The molecule has 0 fully saturated rings. The Morgan fingerprint density at radius 2 is 0.922 bits per heavy atom. The smallest absolute Gasteiger partial charge is 0.0422 e. The molecule has 0 saturated heterocycles. The van der Waals surface area contributed by atoms with Crippen LogP contribution in [0.5, 0.6) is 0 Å². The van der Waals surface area contributed by atoms with E-state index in [1.54, 1.807) is 0 Å². The third-order valence-corrected chi connectivity index (χ3v) is 9.39. The second-order valence-electron chi connectivity index (χ2n) is 14.2. The van der Waals surface area contributed by atoms with E-state index in [2.05, 4.69) is 229 Å². The molecule has 0 heterocycles. The SMILES string of the molecule is C=C.C=C(/C=C\c1cc(-c2cccc(CC)c2)ccc1-c1ccccc1NCc1ccccc1)c1ccccc1.C=C(C)c1ccccc1.CC.CC.CCC.CCc1ccccc1. The van der Waals surface area contributed by atoms with Crippen LogP contribution in [0.2, 0.25) is 0 Å². The van der Waals surface area contributed by atoms with Gasteiger partial charge in [0.1, 0.15) is 0 Å². The monoisotopic (exact) mass is 848 g/mol. The lowest BCUT2D eigenvalue weighted by atomic mass is 9.92. The third-order valence-electron chi connectivity index (χ3n) is 9.39. The molecule has 0 bridgehead atoms. The van der Waals surface area contributed by atoms with Crippen LogP contribution < -0.4 is 5.32 Å². The number of hydrogen-bond acceptors (Lipinski definition) is 1. The van der Waals surface area contributed by atoms with Crippen LogP contribution in [0.1, 0.15) is 102 Å². The van der Waals surface area contributed by atoms with Crippen molar-refractivity contribution in [3.05, 3.63) is 254 Å². The molecule has 7 rings (SSSR count). The fourth-order valence-corrected chi connectivity index (χ4v) is 6.14. The average Bonchev–Trinajstić information content (AvgIpc) is 3.38. The van der Waals surface area contributed by atoms with Crippen LogP contribution in [0, 0.1) is 0 Å². The first-order chi connectivity index (χ1) is 31.4. The van der Waals surface area contributed by atoms with E-state index in [-0.39, 0.29) is 0 Å². The molecule has 7 aromatic carbocycles. The topological polar surface area (TPSA) is 12.0 Å². The van der Waals surface area contributed by atoms with Crippen molar-refractivity contribution in [3.63, 3.8) is 0 Å². The highest BCUT2D eigenvalue weighted by atomic mass is 14.9. The molecule has 0 aliphatic carbocycles. The maximum absolute atomic E-state index is 4.33. The number of anilines is 1. The van der Waals surface area contributed by atoms with Gasteiger partial charge in [0, 0.05) is 17.8 Å². The number of para-hydroxylation sites is 1. The Bertz CT molecular complexity index is 2280. The summed E-state index contributed by atoms with van der Waals surface area (Å²) in [6.07, 6.45) is 7.74. The maximum Gasteiger partial charge on any atom is 0.0422 e. The molecule has 1 nitrogen and oxygen atoms in total. The number of hydrogen-bond donors (Lipinski definition) is 1. The molecule has 0 atom stereocenters. The van der Waals surface area contributed by atoms with Crippen molar-refractivity contribution >= 4 is 22.9 Å². The molecule has 0 radical (unpaired) electrons. The van der Waals surface area contributed by atoms with Gasteiger partial charge in [-0.25, -0.2) is 0 Å². The number of allylic oxidation sites excluding steroid dienone is 3. The van der Waals surface area contributed by atoms with E-state index in [1.807, 2.05) is 65.0 Å². The second kappa shape index (κ2) is 34.8. The van der Waals surface area contributed by atoms with Crippen LogP contribution in [0.25, 0.3) is 39.5 Å². The standard InChI is InChI=1S/C37H33N.C9H10.C8H10.C3H8.2C2H6.C2H4/c1-3-29-15-12-18-32(25-29)33-23-24-35(34(26-33)22-21-28(2)31-16-8-5-9-17-31)36-19-10-11-20-37(36)38-27-30-13-6-4-7-14-30;1-8(2)9-6-4-3-5-7-9;1-2-8-6-4-3-5-7-8;1-3-2;3*1-2/h4-26,38H,2-3,27H2,1H3;3-7H,1H2,2H3;3-7H,2H2,1H3;3H2,1-2H3;2*1-2H3;1-2H2/b22-21-;;;;;;. The van der Waals surface area contributed by atoms with E-state index in [1.165, 1.54) is 50.9 Å². The largest absolute Gasteiger partial charge is 0.380 e. The maximum atomic E-state index is 4.33. The van der Waals surface area contributed by atoms with Gasteiger partial charge in [0.2, 0.25) is 0 Å². The van der Waals surface area contributed by atoms with Crippen molar-refractivity contribution in [2.75, 3.05) is 5.32 Å². The van der Waals surface area contributed by atoms with Crippen LogP contribution in [-0.4, -0.2) is 0 Å². The normalized spacial score (nSPS) is 9.45. The summed E-state index contributed by atoms with van der Waals surface area (Å²) in [5, 5.41) is 3.67. The molecule has 0 amide bonds. The lowest BCUT2D eigenvalue weighted by molar-refractivity contribution is 1.09. The summed E-state index contributed by atoms with van der Waals surface area (Å²) in [7, 11) is 0. The van der Waals surface area contributed by atoms with Crippen LogP contribution in [0.4, 0.5) is 5.69 Å². The summed E-state index contributed by atoms with van der Waals surface area (Å²) in [5.74, 6) is 0. The lowest BCUT2D eigenvalue weighted by Gasteiger charge is -2.16. The molecule has 0 spiro atoms. The molecule has 1 N–H and O–H groups in total. The molecule has 0 unspecified atom stereocenters. The summed E-state index contributed by atoms with van der Waals surface area (Å²) in [6, 6.07) is 65.6. The van der Waals surface area contributed by atoms with E-state index in [0.717, 1.165) is 47.3 Å². The predicted molar refractivity (Wildman–Crippen MR) is 292 cm³/mol.